The van der Waals surface area contributed by atoms with Gasteiger partial charge in [0, 0.05) is 21.5 Å². The highest BCUT2D eigenvalue weighted by molar-refractivity contribution is 7.16. The van der Waals surface area contributed by atoms with Crippen molar-refractivity contribution in [2.75, 3.05) is 11.9 Å². The zero-order valence-electron chi connectivity index (χ0n) is 16.7. The van der Waals surface area contributed by atoms with Gasteiger partial charge in [-0.05, 0) is 60.2 Å². The van der Waals surface area contributed by atoms with Crippen LogP contribution in [0, 0.1) is 5.82 Å². The summed E-state index contributed by atoms with van der Waals surface area (Å²) in [6.07, 6.45) is 6.07. The number of benzene rings is 2. The predicted octanol–water partition coefficient (Wildman–Crippen LogP) is 3.90. The lowest BCUT2D eigenvalue weighted by molar-refractivity contribution is -0.121. The summed E-state index contributed by atoms with van der Waals surface area (Å²) in [5.74, 6) is -0.997. The van der Waals surface area contributed by atoms with Crippen LogP contribution in [0.3, 0.4) is 0 Å². The van der Waals surface area contributed by atoms with Crippen LogP contribution in [0.2, 0.25) is 0 Å². The average molecular weight is 447 g/mol. The molecule has 0 aliphatic heterocycles. The van der Waals surface area contributed by atoms with Crippen molar-refractivity contribution in [3.63, 3.8) is 0 Å². The Balaban J connectivity index is 1.25. The molecule has 160 valence electrons. The lowest BCUT2D eigenvalue weighted by atomic mass is 10.2. The molecule has 2 heterocycles. The fraction of sp³-hybridized carbons (Fsp3) is 0.0435. The summed E-state index contributed by atoms with van der Waals surface area (Å²) in [5, 5.41) is 9.31. The molecule has 0 atom stereocenters. The smallest absolute Gasteiger partial charge is 0.244 e. The molecular formula is C23H18FN5O2S. The third kappa shape index (κ3) is 5.52. The molecule has 0 aliphatic rings. The molecule has 0 spiro atoms. The van der Waals surface area contributed by atoms with Crippen molar-refractivity contribution < 1.29 is 14.0 Å². The van der Waals surface area contributed by atoms with Crippen molar-refractivity contribution in [3.05, 3.63) is 90.1 Å². The second kappa shape index (κ2) is 9.80. The first-order valence-corrected chi connectivity index (χ1v) is 10.4. The van der Waals surface area contributed by atoms with Crippen LogP contribution >= 0.6 is 11.3 Å². The summed E-state index contributed by atoms with van der Waals surface area (Å²) in [6.45, 7) is -0.154. The van der Waals surface area contributed by atoms with Crippen LogP contribution in [0.25, 0.3) is 22.2 Å². The fourth-order valence-corrected chi connectivity index (χ4v) is 3.76. The molecule has 2 aromatic carbocycles. The summed E-state index contributed by atoms with van der Waals surface area (Å²) in [5.41, 5.74) is 2.33. The third-order valence-corrected chi connectivity index (χ3v) is 5.51. The molecule has 32 heavy (non-hydrogen) atoms. The van der Waals surface area contributed by atoms with E-state index in [-0.39, 0.29) is 24.2 Å². The monoisotopic (exact) mass is 447 g/mol. The quantitative estimate of drug-likeness (QED) is 0.421. The number of carbonyl (C=O) groups excluding carboxylic acids is 2. The van der Waals surface area contributed by atoms with E-state index in [1.807, 2.05) is 12.1 Å². The van der Waals surface area contributed by atoms with Crippen LogP contribution in [0.15, 0.2) is 79.4 Å². The Kier molecular flexibility index (Phi) is 6.47. The molecule has 0 saturated heterocycles. The van der Waals surface area contributed by atoms with Gasteiger partial charge in [0.05, 0.1) is 12.2 Å². The maximum absolute atomic E-state index is 13.1. The van der Waals surface area contributed by atoms with Gasteiger partial charge in [-0.3, -0.25) is 9.59 Å². The predicted molar refractivity (Wildman–Crippen MR) is 122 cm³/mol. The number of rotatable bonds is 7. The van der Waals surface area contributed by atoms with Gasteiger partial charge in [0.1, 0.15) is 18.5 Å². The van der Waals surface area contributed by atoms with Crippen LogP contribution in [0.1, 0.15) is 4.88 Å². The van der Waals surface area contributed by atoms with Crippen molar-refractivity contribution in [2.45, 2.75) is 0 Å². The van der Waals surface area contributed by atoms with Crippen molar-refractivity contribution in [1.82, 2.24) is 20.1 Å². The highest BCUT2D eigenvalue weighted by Crippen LogP contribution is 2.28. The zero-order valence-corrected chi connectivity index (χ0v) is 17.6. The standard InChI is InChI=1S/C23H18FN5O2S/c24-17-3-1-16(2-4-17)21-11-9-20(32-21)10-12-22(30)26-13-23(31)28-18-5-7-19(8-6-18)29-15-25-14-27-29/h1-12,14-15H,13H2,(H,26,30)(H,28,31). The molecule has 0 fully saturated rings. The SMILES string of the molecule is O=C(C=Cc1ccc(-c2ccc(F)cc2)s1)NCC(=O)Nc1ccc(-n2cncn2)cc1. The molecule has 0 unspecified atom stereocenters. The molecule has 4 rings (SSSR count). The normalized spacial score (nSPS) is 10.9. The van der Waals surface area contributed by atoms with E-state index < -0.39 is 0 Å². The second-order valence-electron chi connectivity index (χ2n) is 6.70. The zero-order chi connectivity index (χ0) is 22.3. The van der Waals surface area contributed by atoms with Crippen molar-refractivity contribution in [1.29, 1.82) is 0 Å². The first kappa shape index (κ1) is 21.1. The number of hydrogen-bond acceptors (Lipinski definition) is 5. The number of hydrogen-bond donors (Lipinski definition) is 2. The molecule has 2 N–H and O–H groups in total. The summed E-state index contributed by atoms with van der Waals surface area (Å²) < 4.78 is 14.7. The number of anilines is 1. The highest BCUT2D eigenvalue weighted by Gasteiger charge is 2.06. The second-order valence-corrected chi connectivity index (χ2v) is 7.81. The molecular weight excluding hydrogens is 429 g/mol. The Labute approximate surface area is 187 Å². The van der Waals surface area contributed by atoms with Crippen LogP contribution in [0.4, 0.5) is 10.1 Å². The largest absolute Gasteiger partial charge is 0.343 e. The van der Waals surface area contributed by atoms with Crippen molar-refractivity contribution in [2.24, 2.45) is 0 Å². The summed E-state index contributed by atoms with van der Waals surface area (Å²) in [7, 11) is 0. The van der Waals surface area contributed by atoms with E-state index in [9.17, 15) is 14.0 Å². The first-order valence-electron chi connectivity index (χ1n) is 9.63. The maximum atomic E-state index is 13.1. The van der Waals surface area contributed by atoms with Crippen LogP contribution < -0.4 is 10.6 Å². The maximum Gasteiger partial charge on any atom is 0.244 e. The van der Waals surface area contributed by atoms with Gasteiger partial charge in [0.2, 0.25) is 11.8 Å². The Morgan fingerprint density at radius 1 is 1.03 bits per heavy atom. The van der Waals surface area contributed by atoms with Gasteiger partial charge >= 0.3 is 0 Å². The van der Waals surface area contributed by atoms with Crippen LogP contribution in [0.5, 0.6) is 0 Å². The molecule has 4 aromatic rings. The molecule has 2 aromatic heterocycles. The minimum absolute atomic E-state index is 0.154. The van der Waals surface area contributed by atoms with Gasteiger partial charge in [0.25, 0.3) is 0 Å². The van der Waals surface area contributed by atoms with Crippen molar-refractivity contribution >= 4 is 34.9 Å². The summed E-state index contributed by atoms with van der Waals surface area (Å²) >= 11 is 1.48. The van der Waals surface area contributed by atoms with Crippen LogP contribution in [-0.2, 0) is 9.59 Å². The lowest BCUT2D eigenvalue weighted by Crippen LogP contribution is -2.31. The Morgan fingerprint density at radius 3 is 2.53 bits per heavy atom. The Bertz CT molecular complexity index is 1230. The molecule has 0 saturated carbocycles. The molecule has 9 heteroatoms. The van der Waals surface area contributed by atoms with Crippen LogP contribution in [-0.4, -0.2) is 33.1 Å². The Morgan fingerprint density at radius 2 is 1.81 bits per heavy atom. The molecule has 0 bridgehead atoms. The third-order valence-electron chi connectivity index (χ3n) is 4.41. The van der Waals surface area contributed by atoms with Gasteiger partial charge in [-0.2, -0.15) is 5.10 Å². The van der Waals surface area contributed by atoms with E-state index >= 15 is 0 Å². The van der Waals surface area contributed by atoms with E-state index in [1.165, 1.54) is 35.9 Å². The van der Waals surface area contributed by atoms with Gasteiger partial charge < -0.3 is 10.6 Å². The minimum atomic E-state index is -0.376. The van der Waals surface area contributed by atoms with Gasteiger partial charge in [-0.15, -0.1) is 11.3 Å². The average Bonchev–Trinajstić information content (AvgIpc) is 3.50. The number of amides is 2. The highest BCUT2D eigenvalue weighted by atomic mass is 32.1. The molecule has 7 nitrogen and oxygen atoms in total. The van der Waals surface area contributed by atoms with Gasteiger partial charge in [0.15, 0.2) is 0 Å². The van der Waals surface area contributed by atoms with E-state index in [0.29, 0.717) is 5.69 Å². The number of carbonyl (C=O) groups is 2. The first-order chi connectivity index (χ1) is 15.6. The molecule has 0 radical (unpaired) electrons. The van der Waals surface area contributed by atoms with Gasteiger partial charge in [-0.25, -0.2) is 14.1 Å². The number of nitrogens with zero attached hydrogens (tertiary/aromatic N) is 3. The lowest BCUT2D eigenvalue weighted by Gasteiger charge is -2.07. The fourth-order valence-electron chi connectivity index (χ4n) is 2.84. The summed E-state index contributed by atoms with van der Waals surface area (Å²) in [6, 6.07) is 17.1. The van der Waals surface area contributed by atoms with E-state index in [2.05, 4.69) is 20.7 Å². The Hall–Kier alpha value is -4.11. The van der Waals surface area contributed by atoms with Gasteiger partial charge in [-0.1, -0.05) is 12.1 Å². The van der Waals surface area contributed by atoms with Crippen molar-refractivity contribution in [3.8, 4) is 16.1 Å². The number of nitrogens with one attached hydrogen (secondary N) is 2. The number of aromatic nitrogens is 3. The molecule has 2 amide bonds. The topological polar surface area (TPSA) is 88.9 Å². The minimum Gasteiger partial charge on any atom is -0.343 e. The van der Waals surface area contributed by atoms with E-state index in [0.717, 1.165) is 21.0 Å². The van der Waals surface area contributed by atoms with E-state index in [1.54, 1.807) is 53.5 Å². The van der Waals surface area contributed by atoms with E-state index in [4.69, 9.17) is 0 Å². The molecule has 0 aliphatic carbocycles. The number of thiophene rings is 1. The summed E-state index contributed by atoms with van der Waals surface area (Å²) in [4.78, 5) is 29.9. The number of halogens is 1.